The van der Waals surface area contributed by atoms with Crippen molar-refractivity contribution >= 4 is 5.69 Å². The molecule has 0 spiro atoms. The van der Waals surface area contributed by atoms with Gasteiger partial charge in [-0.25, -0.2) is 4.85 Å². The van der Waals surface area contributed by atoms with Crippen LogP contribution in [0.25, 0.3) is 16.0 Å². The smallest absolute Gasteiger partial charge is 0.195 e. The maximum atomic E-state index is 7.39. The van der Waals surface area contributed by atoms with Gasteiger partial charge in [-0.2, -0.15) is 0 Å². The monoisotopic (exact) mass is 304 g/mol. The van der Waals surface area contributed by atoms with Gasteiger partial charge in [0, 0.05) is 12.1 Å². The van der Waals surface area contributed by atoms with Crippen LogP contribution in [-0.4, -0.2) is 18.2 Å². The summed E-state index contributed by atoms with van der Waals surface area (Å²) in [6, 6.07) is 17.1. The molecule has 2 aliphatic rings. The van der Waals surface area contributed by atoms with Crippen LogP contribution in [-0.2, 0) is 0 Å². The van der Waals surface area contributed by atoms with Crippen LogP contribution in [0.2, 0.25) is 0 Å². The standard InChI is InChI=1S/C20H20N2O/c1-21-20-10-9-17(13-19(20)14-5-3-2-4-6-14)23-18-11-15-7-8-16(12-18)22-15/h2-6,9-10,13,15-16,18,22H,7-8,11-12H2/t15-,16+,18?. The van der Waals surface area contributed by atoms with Crippen molar-refractivity contribution in [2.24, 2.45) is 0 Å². The van der Waals surface area contributed by atoms with Crippen molar-refractivity contribution in [3.05, 3.63) is 59.9 Å². The SMILES string of the molecule is [C-]#[N+]c1ccc(OC2C[C@H]3CC[C@@H](C2)N3)cc1-c1ccccc1. The summed E-state index contributed by atoms with van der Waals surface area (Å²) in [7, 11) is 0. The van der Waals surface area contributed by atoms with Crippen LogP contribution >= 0.6 is 0 Å². The third-order valence-electron chi connectivity index (χ3n) is 4.91. The van der Waals surface area contributed by atoms with Crippen LogP contribution in [0, 0.1) is 6.57 Å². The van der Waals surface area contributed by atoms with Crippen molar-refractivity contribution in [1.29, 1.82) is 0 Å². The highest BCUT2D eigenvalue weighted by molar-refractivity contribution is 5.79. The van der Waals surface area contributed by atoms with Gasteiger partial charge in [-0.05, 0) is 48.9 Å². The third kappa shape index (κ3) is 2.95. The highest BCUT2D eigenvalue weighted by Crippen LogP contribution is 2.35. The second-order valence-electron chi connectivity index (χ2n) is 6.51. The van der Waals surface area contributed by atoms with Crippen molar-refractivity contribution in [2.75, 3.05) is 0 Å². The lowest BCUT2D eigenvalue weighted by Crippen LogP contribution is -2.42. The van der Waals surface area contributed by atoms with E-state index in [0.29, 0.717) is 17.8 Å². The molecule has 2 fully saturated rings. The molecule has 2 saturated heterocycles. The summed E-state index contributed by atoms with van der Waals surface area (Å²) in [4.78, 5) is 3.65. The Morgan fingerprint density at radius 1 is 1.00 bits per heavy atom. The second kappa shape index (κ2) is 6.06. The minimum absolute atomic E-state index is 0.288. The molecule has 2 aliphatic heterocycles. The molecule has 3 heteroatoms. The first-order chi connectivity index (χ1) is 11.3. The predicted molar refractivity (Wildman–Crippen MR) is 91.7 cm³/mol. The molecule has 2 aromatic rings. The van der Waals surface area contributed by atoms with Gasteiger partial charge in [0.1, 0.15) is 11.9 Å². The lowest BCUT2D eigenvalue weighted by Gasteiger charge is -2.29. The molecular formula is C20H20N2O. The van der Waals surface area contributed by atoms with Crippen LogP contribution in [0.15, 0.2) is 48.5 Å². The molecule has 2 aromatic carbocycles. The minimum Gasteiger partial charge on any atom is -0.490 e. The van der Waals surface area contributed by atoms with E-state index in [9.17, 15) is 0 Å². The Bertz CT molecular complexity index is 723. The number of rotatable bonds is 3. The van der Waals surface area contributed by atoms with Crippen molar-refractivity contribution < 1.29 is 4.74 Å². The van der Waals surface area contributed by atoms with Crippen LogP contribution < -0.4 is 10.1 Å². The summed E-state index contributed by atoms with van der Waals surface area (Å²) in [6.07, 6.45) is 5.01. The molecule has 3 nitrogen and oxygen atoms in total. The van der Waals surface area contributed by atoms with Crippen molar-refractivity contribution in [2.45, 2.75) is 43.9 Å². The zero-order valence-corrected chi connectivity index (χ0v) is 13.0. The predicted octanol–water partition coefficient (Wildman–Crippen LogP) is 4.57. The van der Waals surface area contributed by atoms with Gasteiger partial charge in [0.2, 0.25) is 0 Å². The van der Waals surface area contributed by atoms with Crippen molar-refractivity contribution in [3.8, 4) is 16.9 Å². The van der Waals surface area contributed by atoms with Gasteiger partial charge in [-0.3, -0.25) is 0 Å². The first-order valence-corrected chi connectivity index (χ1v) is 8.31. The van der Waals surface area contributed by atoms with Crippen LogP contribution in [0.1, 0.15) is 25.7 Å². The van der Waals surface area contributed by atoms with Gasteiger partial charge in [-0.1, -0.05) is 36.4 Å². The Morgan fingerprint density at radius 2 is 1.74 bits per heavy atom. The van der Waals surface area contributed by atoms with Crippen molar-refractivity contribution in [3.63, 3.8) is 0 Å². The molecule has 0 aliphatic carbocycles. The third-order valence-corrected chi connectivity index (χ3v) is 4.91. The molecule has 116 valence electrons. The molecule has 0 amide bonds. The van der Waals surface area contributed by atoms with E-state index in [1.165, 1.54) is 12.8 Å². The van der Waals surface area contributed by atoms with Gasteiger partial charge in [0.25, 0.3) is 0 Å². The van der Waals surface area contributed by atoms with E-state index in [1.54, 1.807) is 0 Å². The van der Waals surface area contributed by atoms with E-state index in [4.69, 9.17) is 11.3 Å². The summed E-state index contributed by atoms with van der Waals surface area (Å²) < 4.78 is 6.25. The molecule has 23 heavy (non-hydrogen) atoms. The van der Waals surface area contributed by atoms with Gasteiger partial charge in [-0.15, -0.1) is 0 Å². The lowest BCUT2D eigenvalue weighted by molar-refractivity contribution is 0.137. The normalized spacial score (nSPS) is 25.8. The summed E-state index contributed by atoms with van der Waals surface area (Å²) in [5.74, 6) is 0.877. The average Bonchev–Trinajstić information content (AvgIpc) is 2.94. The fourth-order valence-corrected chi connectivity index (χ4v) is 3.83. The molecule has 0 aromatic heterocycles. The van der Waals surface area contributed by atoms with Gasteiger partial charge < -0.3 is 10.1 Å². The van der Waals surface area contributed by atoms with Crippen LogP contribution in [0.3, 0.4) is 0 Å². The lowest BCUT2D eigenvalue weighted by atomic mass is 10.0. The zero-order valence-electron chi connectivity index (χ0n) is 13.0. The Balaban J connectivity index is 1.59. The number of ether oxygens (including phenoxy) is 1. The molecular weight excluding hydrogens is 284 g/mol. The topological polar surface area (TPSA) is 25.6 Å². The number of piperidine rings is 1. The van der Waals surface area contributed by atoms with Gasteiger partial charge in [0.05, 0.1) is 6.57 Å². The maximum Gasteiger partial charge on any atom is 0.195 e. The van der Waals surface area contributed by atoms with Gasteiger partial charge in [0.15, 0.2) is 5.69 Å². The molecule has 1 unspecified atom stereocenters. The number of nitrogens with zero attached hydrogens (tertiary/aromatic N) is 1. The Hall–Kier alpha value is -2.31. The van der Waals surface area contributed by atoms with E-state index >= 15 is 0 Å². The van der Waals surface area contributed by atoms with Crippen molar-refractivity contribution in [1.82, 2.24) is 5.32 Å². The summed E-state index contributed by atoms with van der Waals surface area (Å²) in [5, 5.41) is 3.64. The number of benzene rings is 2. The van der Waals surface area contributed by atoms with E-state index in [0.717, 1.165) is 29.7 Å². The zero-order chi connectivity index (χ0) is 15.6. The molecule has 2 heterocycles. The van der Waals surface area contributed by atoms with Crippen LogP contribution in [0.4, 0.5) is 5.69 Å². The van der Waals surface area contributed by atoms with Crippen LogP contribution in [0.5, 0.6) is 5.75 Å². The Kier molecular flexibility index (Phi) is 3.77. The van der Waals surface area contributed by atoms with E-state index < -0.39 is 0 Å². The number of hydrogen-bond donors (Lipinski definition) is 1. The van der Waals surface area contributed by atoms with E-state index in [1.807, 2.05) is 48.5 Å². The fraction of sp³-hybridized carbons (Fsp3) is 0.350. The second-order valence-corrected chi connectivity index (χ2v) is 6.51. The summed E-state index contributed by atoms with van der Waals surface area (Å²) in [6.45, 7) is 7.39. The summed E-state index contributed by atoms with van der Waals surface area (Å²) >= 11 is 0. The molecule has 3 atom stereocenters. The molecule has 2 bridgehead atoms. The first kappa shape index (κ1) is 14.3. The van der Waals surface area contributed by atoms with Gasteiger partial charge >= 0.3 is 0 Å². The van der Waals surface area contributed by atoms with E-state index in [2.05, 4.69) is 10.2 Å². The highest BCUT2D eigenvalue weighted by atomic mass is 16.5. The first-order valence-electron chi connectivity index (χ1n) is 8.31. The quantitative estimate of drug-likeness (QED) is 0.841. The number of nitrogens with one attached hydrogen (secondary N) is 1. The summed E-state index contributed by atoms with van der Waals surface area (Å²) in [5.41, 5.74) is 2.69. The molecule has 0 saturated carbocycles. The Morgan fingerprint density at radius 3 is 2.43 bits per heavy atom. The highest BCUT2D eigenvalue weighted by Gasteiger charge is 2.34. The molecule has 1 N–H and O–H groups in total. The largest absolute Gasteiger partial charge is 0.490 e. The number of hydrogen-bond acceptors (Lipinski definition) is 2. The molecule has 4 rings (SSSR count). The minimum atomic E-state index is 0.288. The van der Waals surface area contributed by atoms with E-state index in [-0.39, 0.29) is 6.10 Å². The fourth-order valence-electron chi connectivity index (χ4n) is 3.83. The molecule has 0 radical (unpaired) electrons. The maximum absolute atomic E-state index is 7.39. The Labute approximate surface area is 137 Å². The number of fused-ring (bicyclic) bond motifs is 2. The average molecular weight is 304 g/mol.